The third-order valence-electron chi connectivity index (χ3n) is 2.17. The SMILES string of the molecule is Cc1cc(C(F)(F)C(F)(F)C(F)(F)C(F)(F)F)n[nH]1. The Bertz CT molecular complexity index is 459. The quantitative estimate of drug-likeness (QED) is 0.848. The number of aromatic nitrogens is 2. The van der Waals surface area contributed by atoms with Gasteiger partial charge in [0.15, 0.2) is 0 Å². The molecule has 1 aromatic heterocycles. The van der Waals surface area contributed by atoms with Gasteiger partial charge >= 0.3 is 23.9 Å². The van der Waals surface area contributed by atoms with Crippen molar-refractivity contribution in [3.8, 4) is 0 Å². The molecule has 0 atom stereocenters. The third kappa shape index (κ3) is 2.14. The van der Waals surface area contributed by atoms with Crippen LogP contribution in [0.25, 0.3) is 0 Å². The van der Waals surface area contributed by atoms with Gasteiger partial charge in [-0.1, -0.05) is 0 Å². The molecule has 0 spiro atoms. The molecule has 1 heterocycles. The summed E-state index contributed by atoms with van der Waals surface area (Å²) in [6, 6.07) is 0.250. The van der Waals surface area contributed by atoms with Crippen molar-refractivity contribution in [3.05, 3.63) is 17.5 Å². The molecule has 0 bridgehead atoms. The minimum absolute atomic E-state index is 0.208. The largest absolute Gasteiger partial charge is 0.460 e. The second-order valence-electron chi connectivity index (χ2n) is 3.66. The van der Waals surface area contributed by atoms with Crippen LogP contribution >= 0.6 is 0 Å². The van der Waals surface area contributed by atoms with E-state index < -0.39 is 29.6 Å². The van der Waals surface area contributed by atoms with Gasteiger partial charge in [-0.25, -0.2) is 0 Å². The van der Waals surface area contributed by atoms with Crippen molar-refractivity contribution in [2.24, 2.45) is 0 Å². The van der Waals surface area contributed by atoms with Crippen molar-refractivity contribution in [1.29, 1.82) is 0 Å². The standard InChI is InChI=1S/C8H5F9N2/c1-3-2-4(19-18-3)5(9,10)6(11,12)7(13,14)8(15,16)17/h2H,1H3,(H,18,19). The van der Waals surface area contributed by atoms with Crippen molar-refractivity contribution >= 4 is 0 Å². The van der Waals surface area contributed by atoms with E-state index >= 15 is 0 Å². The molecule has 0 aliphatic heterocycles. The van der Waals surface area contributed by atoms with Crippen molar-refractivity contribution < 1.29 is 39.5 Å². The lowest BCUT2D eigenvalue weighted by Crippen LogP contribution is -2.59. The molecule has 0 unspecified atom stereocenters. The fraction of sp³-hybridized carbons (Fsp3) is 0.625. The van der Waals surface area contributed by atoms with Crippen LogP contribution in [0.1, 0.15) is 11.4 Å². The van der Waals surface area contributed by atoms with E-state index in [2.05, 4.69) is 5.10 Å². The molecule has 1 aromatic rings. The number of alkyl halides is 9. The van der Waals surface area contributed by atoms with Crippen molar-refractivity contribution in [2.75, 3.05) is 0 Å². The molecule has 0 saturated carbocycles. The Hall–Kier alpha value is -1.42. The molecule has 0 amide bonds. The fourth-order valence-electron chi connectivity index (χ4n) is 1.11. The monoisotopic (exact) mass is 300 g/mol. The van der Waals surface area contributed by atoms with Gasteiger partial charge in [0.25, 0.3) is 0 Å². The van der Waals surface area contributed by atoms with Gasteiger partial charge in [0.05, 0.1) is 0 Å². The van der Waals surface area contributed by atoms with Gasteiger partial charge in [0.2, 0.25) is 0 Å². The van der Waals surface area contributed by atoms with E-state index in [1.165, 1.54) is 0 Å². The van der Waals surface area contributed by atoms with Crippen LogP contribution in [0.3, 0.4) is 0 Å². The molecule has 0 radical (unpaired) electrons. The van der Waals surface area contributed by atoms with Crippen LogP contribution in [-0.4, -0.2) is 28.2 Å². The summed E-state index contributed by atoms with van der Waals surface area (Å²) in [6.07, 6.45) is -6.83. The molecule has 0 saturated heterocycles. The van der Waals surface area contributed by atoms with Crippen molar-refractivity contribution in [3.63, 3.8) is 0 Å². The van der Waals surface area contributed by atoms with E-state index in [1.807, 2.05) is 0 Å². The normalized spacial score (nSPS) is 14.8. The summed E-state index contributed by atoms with van der Waals surface area (Å²) in [4.78, 5) is 0. The second-order valence-corrected chi connectivity index (χ2v) is 3.66. The molecule has 19 heavy (non-hydrogen) atoms. The number of H-pyrrole nitrogens is 1. The van der Waals surface area contributed by atoms with Crippen LogP contribution in [0.4, 0.5) is 39.5 Å². The topological polar surface area (TPSA) is 28.7 Å². The molecular weight excluding hydrogens is 295 g/mol. The molecule has 0 aliphatic carbocycles. The lowest BCUT2D eigenvalue weighted by Gasteiger charge is -2.32. The number of aromatic amines is 1. The predicted octanol–water partition coefficient (Wildman–Crippen LogP) is 3.64. The van der Waals surface area contributed by atoms with Gasteiger partial charge in [0, 0.05) is 5.69 Å². The molecule has 0 aliphatic rings. The van der Waals surface area contributed by atoms with E-state index in [9.17, 15) is 39.5 Å². The average Bonchev–Trinajstić information content (AvgIpc) is 2.63. The lowest BCUT2D eigenvalue weighted by atomic mass is 10.0. The molecule has 1 N–H and O–H groups in total. The Morgan fingerprint density at radius 3 is 1.68 bits per heavy atom. The average molecular weight is 300 g/mol. The first-order valence-corrected chi connectivity index (χ1v) is 4.48. The molecule has 0 fully saturated rings. The molecule has 1 rings (SSSR count). The number of nitrogens with one attached hydrogen (secondary N) is 1. The Morgan fingerprint density at radius 2 is 1.37 bits per heavy atom. The highest BCUT2D eigenvalue weighted by Crippen LogP contribution is 2.56. The number of hydrogen-bond donors (Lipinski definition) is 1. The summed E-state index contributed by atoms with van der Waals surface area (Å²) < 4.78 is 112. The summed E-state index contributed by atoms with van der Waals surface area (Å²) in [5, 5.41) is 4.34. The van der Waals surface area contributed by atoms with E-state index in [-0.39, 0.29) is 11.8 Å². The van der Waals surface area contributed by atoms with Crippen LogP contribution < -0.4 is 0 Å². The zero-order chi connectivity index (χ0) is 15.3. The highest BCUT2D eigenvalue weighted by molar-refractivity contribution is 5.18. The summed E-state index contributed by atoms with van der Waals surface area (Å²) in [5.74, 6) is -19.4. The Balaban J connectivity index is 3.33. The van der Waals surface area contributed by atoms with Gasteiger partial charge < -0.3 is 0 Å². The van der Waals surface area contributed by atoms with E-state index in [0.29, 0.717) is 0 Å². The van der Waals surface area contributed by atoms with Crippen molar-refractivity contribution in [2.45, 2.75) is 30.9 Å². The number of hydrogen-bond acceptors (Lipinski definition) is 1. The summed E-state index contributed by atoms with van der Waals surface area (Å²) in [7, 11) is 0. The summed E-state index contributed by atoms with van der Waals surface area (Å²) in [6.45, 7) is 1.08. The molecule has 11 heteroatoms. The zero-order valence-corrected chi connectivity index (χ0v) is 8.93. The summed E-state index contributed by atoms with van der Waals surface area (Å²) in [5.41, 5.74) is -2.11. The van der Waals surface area contributed by atoms with Gasteiger partial charge in [-0.2, -0.15) is 44.6 Å². The Morgan fingerprint density at radius 1 is 0.895 bits per heavy atom. The number of nitrogens with zero attached hydrogens (tertiary/aromatic N) is 1. The van der Waals surface area contributed by atoms with Crippen molar-refractivity contribution in [1.82, 2.24) is 10.2 Å². The van der Waals surface area contributed by atoms with Crippen LogP contribution in [0.15, 0.2) is 6.07 Å². The molecular formula is C8H5F9N2. The zero-order valence-electron chi connectivity index (χ0n) is 8.93. The Labute approximate surface area is 99.1 Å². The first kappa shape index (κ1) is 15.6. The highest BCUT2D eigenvalue weighted by atomic mass is 19.4. The highest BCUT2D eigenvalue weighted by Gasteiger charge is 2.82. The van der Waals surface area contributed by atoms with Gasteiger partial charge in [-0.15, -0.1) is 0 Å². The number of aryl methyl sites for hydroxylation is 1. The van der Waals surface area contributed by atoms with Gasteiger partial charge in [-0.05, 0) is 13.0 Å². The van der Waals surface area contributed by atoms with Crippen LogP contribution in [-0.2, 0) is 5.92 Å². The van der Waals surface area contributed by atoms with Gasteiger partial charge in [0.1, 0.15) is 5.69 Å². The minimum Gasteiger partial charge on any atom is -0.282 e. The van der Waals surface area contributed by atoms with Crippen LogP contribution in [0, 0.1) is 6.92 Å². The molecule has 2 nitrogen and oxygen atoms in total. The number of halogens is 9. The van der Waals surface area contributed by atoms with Gasteiger partial charge in [-0.3, -0.25) is 5.10 Å². The van der Waals surface area contributed by atoms with Crippen LogP contribution in [0.2, 0.25) is 0 Å². The van der Waals surface area contributed by atoms with Crippen LogP contribution in [0.5, 0.6) is 0 Å². The lowest BCUT2D eigenvalue weighted by molar-refractivity contribution is -0.400. The molecule has 110 valence electrons. The minimum atomic E-state index is -6.91. The smallest absolute Gasteiger partial charge is 0.282 e. The first-order valence-electron chi connectivity index (χ1n) is 4.48. The predicted molar refractivity (Wildman–Crippen MR) is 43.2 cm³/mol. The third-order valence-corrected chi connectivity index (χ3v) is 2.17. The van der Waals surface area contributed by atoms with E-state index in [1.54, 1.807) is 5.10 Å². The maximum Gasteiger partial charge on any atom is 0.460 e. The molecule has 0 aromatic carbocycles. The van der Waals surface area contributed by atoms with E-state index in [0.717, 1.165) is 6.92 Å². The Kier molecular flexibility index (Phi) is 3.32. The second kappa shape index (κ2) is 4.04. The maximum atomic E-state index is 13.2. The van der Waals surface area contributed by atoms with E-state index in [4.69, 9.17) is 0 Å². The number of rotatable bonds is 3. The first-order chi connectivity index (χ1) is 8.25. The fourth-order valence-corrected chi connectivity index (χ4v) is 1.11. The maximum absolute atomic E-state index is 13.2. The summed E-state index contributed by atoms with van der Waals surface area (Å²) >= 11 is 0.